The molecule has 3 N–H and O–H groups in total. The fraction of sp³-hybridized carbons (Fsp3) is 0.500. The van der Waals surface area contributed by atoms with Gasteiger partial charge in [0, 0.05) is 5.54 Å². The summed E-state index contributed by atoms with van der Waals surface area (Å²) in [7, 11) is -2.90. The first-order valence-corrected chi connectivity index (χ1v) is 7.47. The molecule has 1 saturated heterocycles. The van der Waals surface area contributed by atoms with E-state index in [0.717, 1.165) is 11.3 Å². The fourth-order valence-electron chi connectivity index (χ4n) is 2.27. The second kappa shape index (κ2) is 3.91. The summed E-state index contributed by atoms with van der Waals surface area (Å²) in [5.74, 6) is 0.427. The monoisotopic (exact) mass is 254 g/mol. The lowest BCUT2D eigenvalue weighted by Gasteiger charge is -2.27. The van der Waals surface area contributed by atoms with E-state index in [0.29, 0.717) is 12.1 Å². The third-order valence-corrected chi connectivity index (χ3v) is 5.14. The molecule has 94 valence electrons. The van der Waals surface area contributed by atoms with Gasteiger partial charge in [-0.25, -0.2) is 8.42 Å². The van der Waals surface area contributed by atoms with Crippen LogP contribution >= 0.6 is 0 Å². The number of benzene rings is 1. The number of para-hydroxylation sites is 1. The van der Waals surface area contributed by atoms with Crippen LogP contribution in [0.4, 0.5) is 11.4 Å². The van der Waals surface area contributed by atoms with Crippen LogP contribution in [0.2, 0.25) is 0 Å². The Bertz CT molecular complexity index is 519. The van der Waals surface area contributed by atoms with E-state index in [4.69, 9.17) is 5.73 Å². The number of aryl methyl sites for hydroxylation is 1. The van der Waals surface area contributed by atoms with Crippen molar-refractivity contribution < 1.29 is 8.42 Å². The zero-order valence-corrected chi connectivity index (χ0v) is 11.0. The van der Waals surface area contributed by atoms with Crippen LogP contribution in [0.15, 0.2) is 18.2 Å². The molecule has 17 heavy (non-hydrogen) atoms. The number of anilines is 2. The number of nitrogen functional groups attached to an aromatic ring is 1. The molecule has 0 saturated carbocycles. The Morgan fingerprint density at radius 1 is 1.41 bits per heavy atom. The van der Waals surface area contributed by atoms with E-state index in [2.05, 4.69) is 5.32 Å². The Balaban J connectivity index is 2.28. The molecule has 0 amide bonds. The molecule has 4 nitrogen and oxygen atoms in total. The van der Waals surface area contributed by atoms with Crippen molar-refractivity contribution in [2.24, 2.45) is 0 Å². The number of sulfone groups is 1. The van der Waals surface area contributed by atoms with Gasteiger partial charge in [0.15, 0.2) is 9.84 Å². The van der Waals surface area contributed by atoms with Crippen molar-refractivity contribution in [1.82, 2.24) is 0 Å². The van der Waals surface area contributed by atoms with Crippen LogP contribution in [-0.4, -0.2) is 25.5 Å². The van der Waals surface area contributed by atoms with Gasteiger partial charge in [0.05, 0.1) is 22.9 Å². The fourth-order valence-corrected chi connectivity index (χ4v) is 4.37. The Hall–Kier alpha value is -1.23. The normalized spacial score (nSPS) is 26.9. The molecule has 1 heterocycles. The van der Waals surface area contributed by atoms with Gasteiger partial charge in [-0.1, -0.05) is 12.1 Å². The molecule has 0 bridgehead atoms. The van der Waals surface area contributed by atoms with E-state index < -0.39 is 15.4 Å². The van der Waals surface area contributed by atoms with E-state index in [1.54, 1.807) is 0 Å². The minimum atomic E-state index is -2.90. The maximum Gasteiger partial charge on any atom is 0.152 e. The van der Waals surface area contributed by atoms with Crippen LogP contribution in [0, 0.1) is 6.92 Å². The maximum absolute atomic E-state index is 11.5. The summed E-state index contributed by atoms with van der Waals surface area (Å²) in [5.41, 5.74) is 8.06. The highest BCUT2D eigenvalue weighted by Crippen LogP contribution is 2.31. The first kappa shape index (κ1) is 12.2. The topological polar surface area (TPSA) is 72.2 Å². The lowest BCUT2D eigenvalue weighted by molar-refractivity contribution is 0.574. The van der Waals surface area contributed by atoms with Gasteiger partial charge in [-0.2, -0.15) is 0 Å². The van der Waals surface area contributed by atoms with E-state index in [1.165, 1.54) is 0 Å². The molecule has 1 atom stereocenters. The van der Waals surface area contributed by atoms with Crippen LogP contribution in [0.5, 0.6) is 0 Å². The van der Waals surface area contributed by atoms with Crippen LogP contribution in [0.1, 0.15) is 18.9 Å². The van der Waals surface area contributed by atoms with Gasteiger partial charge in [-0.05, 0) is 31.9 Å². The minimum absolute atomic E-state index is 0.174. The van der Waals surface area contributed by atoms with Crippen molar-refractivity contribution in [3.05, 3.63) is 23.8 Å². The van der Waals surface area contributed by atoms with Crippen molar-refractivity contribution in [2.75, 3.05) is 22.6 Å². The van der Waals surface area contributed by atoms with Crippen LogP contribution in [0.25, 0.3) is 0 Å². The molecule has 5 heteroatoms. The van der Waals surface area contributed by atoms with Crippen molar-refractivity contribution in [1.29, 1.82) is 0 Å². The number of hydrogen-bond donors (Lipinski definition) is 2. The van der Waals surface area contributed by atoms with E-state index in [1.807, 2.05) is 32.0 Å². The molecule has 1 fully saturated rings. The number of nitrogens with two attached hydrogens (primary N) is 1. The van der Waals surface area contributed by atoms with Gasteiger partial charge >= 0.3 is 0 Å². The van der Waals surface area contributed by atoms with Crippen molar-refractivity contribution in [3.8, 4) is 0 Å². The third-order valence-electron chi connectivity index (χ3n) is 3.24. The average Bonchev–Trinajstić information content (AvgIpc) is 2.48. The quantitative estimate of drug-likeness (QED) is 0.786. The molecule has 1 aliphatic rings. The Morgan fingerprint density at radius 2 is 2.12 bits per heavy atom. The molecule has 0 radical (unpaired) electrons. The smallest absolute Gasteiger partial charge is 0.152 e. The number of rotatable bonds is 2. The van der Waals surface area contributed by atoms with E-state index >= 15 is 0 Å². The summed E-state index contributed by atoms with van der Waals surface area (Å²) < 4.78 is 23.1. The van der Waals surface area contributed by atoms with Crippen molar-refractivity contribution >= 4 is 21.2 Å². The second-order valence-electron chi connectivity index (χ2n) is 5.07. The van der Waals surface area contributed by atoms with E-state index in [9.17, 15) is 8.42 Å². The van der Waals surface area contributed by atoms with Gasteiger partial charge in [-0.15, -0.1) is 0 Å². The van der Waals surface area contributed by atoms with Crippen LogP contribution < -0.4 is 11.1 Å². The molecular formula is C12H18N2O2S. The van der Waals surface area contributed by atoms with Crippen molar-refractivity contribution in [3.63, 3.8) is 0 Å². The Kier molecular flexibility index (Phi) is 2.81. The zero-order valence-electron chi connectivity index (χ0n) is 10.2. The minimum Gasteiger partial charge on any atom is -0.397 e. The Labute approximate surface area is 102 Å². The molecule has 0 aromatic heterocycles. The number of nitrogens with one attached hydrogen (secondary N) is 1. The van der Waals surface area contributed by atoms with Gasteiger partial charge < -0.3 is 11.1 Å². The highest BCUT2D eigenvalue weighted by molar-refractivity contribution is 7.91. The molecule has 0 spiro atoms. The van der Waals surface area contributed by atoms with Crippen LogP contribution in [-0.2, 0) is 9.84 Å². The molecule has 2 rings (SSSR count). The molecule has 1 aliphatic heterocycles. The van der Waals surface area contributed by atoms with Crippen LogP contribution in [0.3, 0.4) is 0 Å². The summed E-state index contributed by atoms with van der Waals surface area (Å²) in [6, 6.07) is 5.68. The Morgan fingerprint density at radius 3 is 2.65 bits per heavy atom. The van der Waals surface area contributed by atoms with Crippen molar-refractivity contribution in [2.45, 2.75) is 25.8 Å². The predicted molar refractivity (Wildman–Crippen MR) is 70.9 cm³/mol. The lowest BCUT2D eigenvalue weighted by atomic mass is 10.0. The summed E-state index contributed by atoms with van der Waals surface area (Å²) in [6.45, 7) is 3.90. The summed E-state index contributed by atoms with van der Waals surface area (Å²) in [5, 5.41) is 3.31. The van der Waals surface area contributed by atoms with Gasteiger partial charge in [0.2, 0.25) is 0 Å². The van der Waals surface area contributed by atoms with Gasteiger partial charge in [0.1, 0.15) is 0 Å². The number of hydrogen-bond acceptors (Lipinski definition) is 4. The summed E-state index contributed by atoms with van der Waals surface area (Å²) in [6.07, 6.45) is 0.628. The predicted octanol–water partition coefficient (Wildman–Crippen LogP) is 1.57. The van der Waals surface area contributed by atoms with E-state index in [-0.39, 0.29) is 11.5 Å². The summed E-state index contributed by atoms with van der Waals surface area (Å²) in [4.78, 5) is 0. The first-order chi connectivity index (χ1) is 7.81. The third kappa shape index (κ3) is 2.54. The highest BCUT2D eigenvalue weighted by Gasteiger charge is 2.38. The zero-order chi connectivity index (χ0) is 12.7. The SMILES string of the molecule is Cc1cccc(N)c1NC1(C)CCS(=O)(=O)C1. The molecule has 1 aromatic carbocycles. The first-order valence-electron chi connectivity index (χ1n) is 5.65. The highest BCUT2D eigenvalue weighted by atomic mass is 32.2. The molecule has 1 aromatic rings. The molecular weight excluding hydrogens is 236 g/mol. The largest absolute Gasteiger partial charge is 0.397 e. The second-order valence-corrected chi connectivity index (χ2v) is 7.25. The average molecular weight is 254 g/mol. The van der Waals surface area contributed by atoms with Gasteiger partial charge in [0.25, 0.3) is 0 Å². The summed E-state index contributed by atoms with van der Waals surface area (Å²) >= 11 is 0. The standard InChI is InChI=1S/C12H18N2O2S/c1-9-4-3-5-10(13)11(9)14-12(2)6-7-17(15,16)8-12/h3-5,14H,6-8,13H2,1-2H3. The van der Waals surface area contributed by atoms with Gasteiger partial charge in [-0.3, -0.25) is 0 Å². The molecule has 1 unspecified atom stereocenters. The lowest BCUT2D eigenvalue weighted by Crippen LogP contribution is -2.36. The molecule has 0 aliphatic carbocycles. The maximum atomic E-state index is 11.5.